The molecular weight excluding hydrogens is 286 g/mol. The fraction of sp³-hybridized carbons (Fsp3) is 0.615. The molecule has 1 aromatic heterocycles. The zero-order valence-corrected chi connectivity index (χ0v) is 11.6. The van der Waals surface area contributed by atoms with Gasteiger partial charge in [-0.25, -0.2) is 0 Å². The summed E-state index contributed by atoms with van der Waals surface area (Å²) in [5.41, 5.74) is 0. The number of hydrogen-bond donors (Lipinski definition) is 2. The first-order valence-corrected chi connectivity index (χ1v) is 7.59. The molecule has 0 saturated carbocycles. The standard InChI is InChI=1S/C13H16F2N2O2S/c14-13(15)19-10-3-4-20-11(10)12(18)17-9-5-7-1-2-8(6-9)16-7/h3-4,7-9,13,16H,1-2,5-6H2,(H,17,18). The molecule has 0 aliphatic carbocycles. The van der Waals surface area contributed by atoms with Crippen LogP contribution in [0, 0.1) is 0 Å². The Labute approximate surface area is 119 Å². The Kier molecular flexibility index (Phi) is 3.89. The summed E-state index contributed by atoms with van der Waals surface area (Å²) < 4.78 is 28.9. The number of amides is 1. The minimum Gasteiger partial charge on any atom is -0.433 e. The smallest absolute Gasteiger partial charge is 0.387 e. The molecule has 3 heterocycles. The Bertz CT molecular complexity index is 482. The number of thiophene rings is 1. The van der Waals surface area contributed by atoms with E-state index in [1.165, 1.54) is 6.07 Å². The third-order valence-corrected chi connectivity index (χ3v) is 4.75. The van der Waals surface area contributed by atoms with Crippen LogP contribution in [0.4, 0.5) is 8.78 Å². The summed E-state index contributed by atoms with van der Waals surface area (Å²) in [6.07, 6.45) is 4.10. The van der Waals surface area contributed by atoms with Crippen molar-refractivity contribution in [2.75, 3.05) is 0 Å². The largest absolute Gasteiger partial charge is 0.433 e. The van der Waals surface area contributed by atoms with E-state index < -0.39 is 6.61 Å². The van der Waals surface area contributed by atoms with Gasteiger partial charge in [0, 0.05) is 18.1 Å². The Morgan fingerprint density at radius 3 is 2.75 bits per heavy atom. The topological polar surface area (TPSA) is 50.4 Å². The Morgan fingerprint density at radius 1 is 1.40 bits per heavy atom. The second-order valence-electron chi connectivity index (χ2n) is 5.27. The highest BCUT2D eigenvalue weighted by Crippen LogP contribution is 2.29. The van der Waals surface area contributed by atoms with Crippen LogP contribution in [0.15, 0.2) is 11.4 Å². The number of ether oxygens (including phenoxy) is 1. The third kappa shape index (κ3) is 2.93. The average Bonchev–Trinajstić information content (AvgIpc) is 2.95. The molecule has 2 saturated heterocycles. The van der Waals surface area contributed by atoms with Gasteiger partial charge in [0.2, 0.25) is 0 Å². The molecule has 2 aliphatic rings. The molecule has 110 valence electrons. The first-order chi connectivity index (χ1) is 9.61. The van der Waals surface area contributed by atoms with Crippen molar-refractivity contribution in [3.63, 3.8) is 0 Å². The third-order valence-electron chi connectivity index (χ3n) is 3.86. The zero-order chi connectivity index (χ0) is 14.1. The lowest BCUT2D eigenvalue weighted by molar-refractivity contribution is -0.0498. The minimum absolute atomic E-state index is 0.0422. The number of fused-ring (bicyclic) bond motifs is 2. The first-order valence-electron chi connectivity index (χ1n) is 6.71. The molecule has 1 aromatic rings. The summed E-state index contributed by atoms with van der Waals surface area (Å²) >= 11 is 1.12. The van der Waals surface area contributed by atoms with Gasteiger partial charge in [-0.2, -0.15) is 8.78 Å². The molecule has 2 aliphatic heterocycles. The molecule has 20 heavy (non-hydrogen) atoms. The molecule has 2 unspecified atom stereocenters. The van der Waals surface area contributed by atoms with Gasteiger partial charge in [-0.05, 0) is 37.1 Å². The maximum atomic E-state index is 12.3. The predicted octanol–water partition coefficient (Wildman–Crippen LogP) is 2.36. The molecule has 0 radical (unpaired) electrons. The van der Waals surface area contributed by atoms with E-state index in [0.717, 1.165) is 37.0 Å². The lowest BCUT2D eigenvalue weighted by Gasteiger charge is -2.29. The van der Waals surface area contributed by atoms with Crippen molar-refractivity contribution in [1.29, 1.82) is 0 Å². The van der Waals surface area contributed by atoms with Crippen LogP contribution >= 0.6 is 11.3 Å². The summed E-state index contributed by atoms with van der Waals surface area (Å²) in [6.45, 7) is -2.91. The second-order valence-corrected chi connectivity index (χ2v) is 6.19. The van der Waals surface area contributed by atoms with Gasteiger partial charge >= 0.3 is 6.61 Å². The number of hydrogen-bond acceptors (Lipinski definition) is 4. The molecule has 7 heteroatoms. The van der Waals surface area contributed by atoms with Crippen molar-refractivity contribution >= 4 is 17.2 Å². The van der Waals surface area contributed by atoms with Gasteiger partial charge < -0.3 is 15.4 Å². The van der Waals surface area contributed by atoms with E-state index in [0.29, 0.717) is 12.1 Å². The van der Waals surface area contributed by atoms with Crippen LogP contribution in [0.5, 0.6) is 5.75 Å². The van der Waals surface area contributed by atoms with Gasteiger partial charge in [0.05, 0.1) is 0 Å². The molecule has 2 atom stereocenters. The molecule has 3 rings (SSSR count). The van der Waals surface area contributed by atoms with Crippen LogP contribution < -0.4 is 15.4 Å². The van der Waals surface area contributed by atoms with Gasteiger partial charge in [0.25, 0.3) is 5.91 Å². The predicted molar refractivity (Wildman–Crippen MR) is 71.4 cm³/mol. The van der Waals surface area contributed by atoms with Gasteiger partial charge in [-0.3, -0.25) is 4.79 Å². The van der Waals surface area contributed by atoms with Crippen LogP contribution in [-0.2, 0) is 0 Å². The number of rotatable bonds is 4. The second kappa shape index (κ2) is 5.65. The lowest BCUT2D eigenvalue weighted by atomic mass is 10.00. The maximum absolute atomic E-state index is 12.3. The zero-order valence-electron chi connectivity index (χ0n) is 10.8. The van der Waals surface area contributed by atoms with Crippen molar-refractivity contribution in [3.8, 4) is 5.75 Å². The Balaban J connectivity index is 1.63. The number of nitrogens with one attached hydrogen (secondary N) is 2. The average molecular weight is 302 g/mol. The molecule has 2 fully saturated rings. The molecule has 0 spiro atoms. The number of halogens is 2. The van der Waals surface area contributed by atoms with Crippen molar-refractivity contribution in [2.45, 2.75) is 50.4 Å². The molecule has 0 aromatic carbocycles. The van der Waals surface area contributed by atoms with Gasteiger partial charge in [-0.1, -0.05) is 0 Å². The van der Waals surface area contributed by atoms with E-state index in [4.69, 9.17) is 0 Å². The number of carbonyl (C=O) groups is 1. The fourth-order valence-corrected chi connectivity index (χ4v) is 3.80. The Morgan fingerprint density at radius 2 is 2.10 bits per heavy atom. The highest BCUT2D eigenvalue weighted by atomic mass is 32.1. The summed E-state index contributed by atoms with van der Waals surface area (Å²) in [6, 6.07) is 2.46. The van der Waals surface area contributed by atoms with Crippen LogP contribution in [0.25, 0.3) is 0 Å². The van der Waals surface area contributed by atoms with Crippen LogP contribution in [0.1, 0.15) is 35.4 Å². The highest BCUT2D eigenvalue weighted by Gasteiger charge is 2.34. The number of piperidine rings is 1. The van der Waals surface area contributed by atoms with Crippen LogP contribution in [0.2, 0.25) is 0 Å². The summed E-state index contributed by atoms with van der Waals surface area (Å²) in [7, 11) is 0. The number of alkyl halides is 2. The molecular formula is C13H16F2N2O2S. The van der Waals surface area contributed by atoms with E-state index in [9.17, 15) is 13.6 Å². The SMILES string of the molecule is O=C(NC1CC2CCC(C1)N2)c1sccc1OC(F)F. The van der Waals surface area contributed by atoms with Gasteiger partial charge in [-0.15, -0.1) is 11.3 Å². The summed E-state index contributed by atoms with van der Waals surface area (Å²) in [5.74, 6) is -0.360. The summed E-state index contributed by atoms with van der Waals surface area (Å²) in [5, 5.41) is 8.02. The minimum atomic E-state index is -2.91. The summed E-state index contributed by atoms with van der Waals surface area (Å²) in [4.78, 5) is 12.4. The first kappa shape index (κ1) is 13.8. The van der Waals surface area contributed by atoms with E-state index in [1.54, 1.807) is 5.38 Å². The fourth-order valence-electron chi connectivity index (χ4n) is 3.08. The van der Waals surface area contributed by atoms with E-state index in [-0.39, 0.29) is 22.6 Å². The lowest BCUT2D eigenvalue weighted by Crippen LogP contribution is -2.47. The van der Waals surface area contributed by atoms with Crippen molar-refractivity contribution in [1.82, 2.24) is 10.6 Å². The quantitative estimate of drug-likeness (QED) is 0.898. The van der Waals surface area contributed by atoms with Gasteiger partial charge in [0.15, 0.2) is 0 Å². The van der Waals surface area contributed by atoms with Crippen LogP contribution in [-0.4, -0.2) is 30.6 Å². The van der Waals surface area contributed by atoms with Crippen molar-refractivity contribution in [3.05, 3.63) is 16.3 Å². The van der Waals surface area contributed by atoms with E-state index >= 15 is 0 Å². The van der Waals surface area contributed by atoms with Crippen molar-refractivity contribution in [2.24, 2.45) is 0 Å². The molecule has 2 bridgehead atoms. The monoisotopic (exact) mass is 302 g/mol. The number of carbonyl (C=O) groups excluding carboxylic acids is 1. The van der Waals surface area contributed by atoms with Crippen LogP contribution in [0.3, 0.4) is 0 Å². The van der Waals surface area contributed by atoms with Crippen molar-refractivity contribution < 1.29 is 18.3 Å². The molecule has 1 amide bonds. The molecule has 4 nitrogen and oxygen atoms in total. The highest BCUT2D eigenvalue weighted by molar-refractivity contribution is 7.12. The normalized spacial score (nSPS) is 28.6. The Hall–Kier alpha value is -1.21. The van der Waals surface area contributed by atoms with E-state index in [1.807, 2.05) is 0 Å². The molecule has 2 N–H and O–H groups in total. The van der Waals surface area contributed by atoms with Gasteiger partial charge in [0.1, 0.15) is 10.6 Å². The van der Waals surface area contributed by atoms with E-state index in [2.05, 4.69) is 15.4 Å². The maximum Gasteiger partial charge on any atom is 0.387 e.